The molecule has 0 spiro atoms. The zero-order chi connectivity index (χ0) is 42.8. The molecule has 0 aromatic heterocycles. The third kappa shape index (κ3) is 4.77. The van der Waals surface area contributed by atoms with Crippen molar-refractivity contribution in [1.82, 2.24) is 16.0 Å². The standard InChI is InChI=1S/C46H52BrN3O11/c1-42-12-11-23(52)13-22(42)7-8-24-25-14-29-46(28(54)19-51,43(25,2)16-27(53)33(24)42)61-41(60-29)21-5-3-20(4-6-21)15-44-34-37-35(44)39-36(44)38(34)45(37,39)50-40(59)26(9-10-32(57)58)49-31(56)18-48-30(55)17-47/h3-6,11-13,24-27,29,33-39,41,51,53H,7-10,14-19H2,1-2H3,(H,48,55)(H,49,56)(H,50,59)(H,57,58)/t24-,25-,26-,27-,29+,33+,34?,35?,36?,37?,38?,39?,41+,42-,43-,44?,45?,46+/m0/s1. The number of carboxylic acid groups (broad SMARTS) is 1. The summed E-state index contributed by atoms with van der Waals surface area (Å²) in [5.74, 6) is -0.0682. The van der Waals surface area contributed by atoms with E-state index in [1.165, 1.54) is 5.56 Å². The minimum Gasteiger partial charge on any atom is -0.481 e. The summed E-state index contributed by atoms with van der Waals surface area (Å²) in [7, 11) is 0. The van der Waals surface area contributed by atoms with E-state index in [4.69, 9.17) is 9.47 Å². The van der Waals surface area contributed by atoms with Crippen molar-refractivity contribution in [2.75, 3.05) is 18.5 Å². The van der Waals surface area contributed by atoms with Gasteiger partial charge in [0.15, 0.2) is 23.5 Å². The average Bonchev–Trinajstić information content (AvgIpc) is 3.75. The van der Waals surface area contributed by atoms with Crippen molar-refractivity contribution in [3.63, 3.8) is 0 Å². The van der Waals surface area contributed by atoms with Crippen LogP contribution in [0.2, 0.25) is 0 Å². The van der Waals surface area contributed by atoms with Gasteiger partial charge in [-0.25, -0.2) is 0 Å². The zero-order valence-corrected chi connectivity index (χ0v) is 35.7. The maximum Gasteiger partial charge on any atom is 0.303 e. The second-order valence-electron chi connectivity index (χ2n) is 20.4. The Morgan fingerprint density at radius 2 is 1.69 bits per heavy atom. The molecule has 11 aliphatic rings. The monoisotopic (exact) mass is 901 g/mol. The number of aliphatic hydroxyl groups is 2. The summed E-state index contributed by atoms with van der Waals surface area (Å²) in [6.45, 7) is 3.16. The number of halogens is 1. The number of fused-ring (bicyclic) bond motifs is 7. The molecule has 324 valence electrons. The summed E-state index contributed by atoms with van der Waals surface area (Å²) >= 11 is 3.03. The smallest absolute Gasteiger partial charge is 0.303 e. The molecule has 1 heterocycles. The van der Waals surface area contributed by atoms with Crippen LogP contribution in [-0.2, 0) is 44.7 Å². The highest BCUT2D eigenvalue weighted by atomic mass is 79.9. The highest BCUT2D eigenvalue weighted by molar-refractivity contribution is 9.09. The Morgan fingerprint density at radius 1 is 0.984 bits per heavy atom. The van der Waals surface area contributed by atoms with Crippen LogP contribution in [0.4, 0.5) is 0 Å². The van der Waals surface area contributed by atoms with Gasteiger partial charge in [0.05, 0.1) is 29.6 Å². The van der Waals surface area contributed by atoms with Crippen molar-refractivity contribution >= 4 is 51.2 Å². The van der Waals surface area contributed by atoms with Crippen molar-refractivity contribution in [3.05, 3.63) is 59.2 Å². The molecule has 6 N–H and O–H groups in total. The van der Waals surface area contributed by atoms with Crippen molar-refractivity contribution in [3.8, 4) is 0 Å². The number of aliphatic hydroxyl groups excluding tert-OH is 2. The number of Topliss-reactive ketones (excluding diaryl/α,β-unsaturated/α-hetero) is 1. The molecule has 15 heteroatoms. The molecule has 0 bridgehead atoms. The van der Waals surface area contributed by atoms with Gasteiger partial charge in [-0.1, -0.05) is 65.7 Å². The lowest BCUT2D eigenvalue weighted by molar-refractivity contribution is -0.624. The molecule has 0 unspecified atom stereocenters. The number of carbonyl (C=O) groups is 6. The summed E-state index contributed by atoms with van der Waals surface area (Å²) in [6.07, 6.45) is 6.23. The van der Waals surface area contributed by atoms with Crippen molar-refractivity contribution in [2.24, 2.45) is 69.5 Å². The number of amides is 3. The number of nitrogens with one attached hydrogen (secondary N) is 3. The van der Waals surface area contributed by atoms with Crippen LogP contribution in [0, 0.1) is 69.5 Å². The molecule has 1 saturated heterocycles. The Labute approximate surface area is 361 Å². The summed E-state index contributed by atoms with van der Waals surface area (Å²) in [6, 6.07) is 7.23. The van der Waals surface area contributed by atoms with E-state index in [0.717, 1.165) is 30.4 Å². The zero-order valence-electron chi connectivity index (χ0n) is 34.1. The van der Waals surface area contributed by atoms with Crippen LogP contribution in [0.15, 0.2) is 48.1 Å². The topological polar surface area (TPSA) is 218 Å². The van der Waals surface area contributed by atoms with E-state index >= 15 is 0 Å². The first-order valence-electron chi connectivity index (χ1n) is 21.9. The first-order valence-corrected chi connectivity index (χ1v) is 23.1. The fourth-order valence-electron chi connectivity index (χ4n) is 16.6. The first kappa shape index (κ1) is 40.0. The minimum atomic E-state index is -1.41. The normalized spacial score (nSPS) is 46.8. The van der Waals surface area contributed by atoms with Gasteiger partial charge in [0.2, 0.25) is 17.7 Å². The van der Waals surface area contributed by atoms with E-state index < -0.39 is 65.2 Å². The number of hydrogen-bond acceptors (Lipinski definition) is 10. The summed E-state index contributed by atoms with van der Waals surface area (Å²) in [5, 5.41) is 40.0. The van der Waals surface area contributed by atoms with Gasteiger partial charge < -0.3 is 40.7 Å². The van der Waals surface area contributed by atoms with Gasteiger partial charge in [0.25, 0.3) is 0 Å². The number of carbonyl (C=O) groups excluding carboxylic acids is 5. The van der Waals surface area contributed by atoms with Gasteiger partial charge in [0, 0.05) is 28.7 Å². The summed E-state index contributed by atoms with van der Waals surface area (Å²) in [4.78, 5) is 75.3. The highest BCUT2D eigenvalue weighted by Crippen LogP contribution is 3.07. The predicted octanol–water partition coefficient (Wildman–Crippen LogP) is 2.30. The molecule has 10 atom stereocenters. The maximum absolute atomic E-state index is 14.0. The number of allylic oxidation sites excluding steroid dienone is 4. The molecule has 9 saturated carbocycles. The van der Waals surface area contributed by atoms with Crippen LogP contribution in [0.1, 0.15) is 69.8 Å². The maximum atomic E-state index is 14.0. The molecule has 14 nitrogen and oxygen atoms in total. The van der Waals surface area contributed by atoms with Crippen LogP contribution in [-0.4, -0.2) is 98.4 Å². The highest BCUT2D eigenvalue weighted by Gasteiger charge is 3.09. The second kappa shape index (κ2) is 13.1. The SMILES string of the molecule is C[C@]12C=CC(=O)C=C1CC[C@@H]1[C@@H]2[C@@H](O)C[C@@]2(C)[C@H]1C[C@H]1O[C@@H](c3ccc(CC45C6C7C4C4C5C6C74NC(=O)[C@H](CCC(=O)O)NC(=O)CNC(=O)CBr)cc3)O[C@]12C(=O)CO. The van der Waals surface area contributed by atoms with E-state index in [-0.39, 0.29) is 71.0 Å². The Morgan fingerprint density at radius 3 is 2.34 bits per heavy atom. The van der Waals surface area contributed by atoms with Gasteiger partial charge in [-0.15, -0.1) is 0 Å². The van der Waals surface area contributed by atoms with Gasteiger partial charge in [-0.3, -0.25) is 28.8 Å². The van der Waals surface area contributed by atoms with Gasteiger partial charge >= 0.3 is 5.97 Å². The van der Waals surface area contributed by atoms with Crippen LogP contribution in [0.25, 0.3) is 0 Å². The number of ketones is 2. The Balaban J connectivity index is 0.747. The molecule has 3 amide bonds. The molecular formula is C46H52BrN3O11. The van der Waals surface area contributed by atoms with E-state index in [0.29, 0.717) is 48.3 Å². The molecule has 1 aromatic rings. The molecule has 1 aromatic carbocycles. The Hall–Kier alpha value is -3.76. The van der Waals surface area contributed by atoms with Crippen molar-refractivity contribution in [1.29, 1.82) is 0 Å². The fraction of sp³-hybridized carbons (Fsp3) is 0.652. The largest absolute Gasteiger partial charge is 0.481 e. The van der Waals surface area contributed by atoms with E-state index in [1.807, 2.05) is 25.1 Å². The van der Waals surface area contributed by atoms with Crippen LogP contribution < -0.4 is 16.0 Å². The fourth-order valence-corrected chi connectivity index (χ4v) is 16.8. The molecular weight excluding hydrogens is 850 g/mol. The van der Waals surface area contributed by atoms with E-state index in [9.17, 15) is 44.1 Å². The summed E-state index contributed by atoms with van der Waals surface area (Å²) in [5.41, 5.74) is 0.386. The molecule has 12 rings (SSSR count). The van der Waals surface area contributed by atoms with Gasteiger partial charge in [0.1, 0.15) is 12.6 Å². The number of ether oxygens (including phenoxy) is 2. The van der Waals surface area contributed by atoms with E-state index in [1.54, 1.807) is 12.2 Å². The van der Waals surface area contributed by atoms with Gasteiger partial charge in [-0.2, -0.15) is 0 Å². The molecule has 0 radical (unpaired) electrons. The lowest BCUT2D eigenvalue weighted by Gasteiger charge is -3.11. The lowest BCUT2D eigenvalue weighted by atomic mass is 8.94. The number of hydrogen-bond donors (Lipinski definition) is 6. The molecule has 10 aliphatic carbocycles. The second-order valence-corrected chi connectivity index (χ2v) is 21.0. The quantitative estimate of drug-likeness (QED) is 0.149. The van der Waals surface area contributed by atoms with E-state index in [2.05, 4.69) is 50.9 Å². The van der Waals surface area contributed by atoms with Crippen LogP contribution in [0.3, 0.4) is 0 Å². The van der Waals surface area contributed by atoms with Gasteiger partial charge in [-0.05, 0) is 109 Å². The molecule has 10 fully saturated rings. The number of alkyl halides is 1. The third-order valence-corrected chi connectivity index (χ3v) is 19.1. The van der Waals surface area contributed by atoms with Crippen LogP contribution >= 0.6 is 15.9 Å². The first-order chi connectivity index (χ1) is 29.1. The lowest BCUT2D eigenvalue weighted by Crippen LogP contribution is -3.15. The average molecular weight is 903 g/mol. The van der Waals surface area contributed by atoms with Crippen molar-refractivity contribution in [2.45, 2.75) is 94.5 Å². The molecule has 61 heavy (non-hydrogen) atoms. The summed E-state index contributed by atoms with van der Waals surface area (Å²) < 4.78 is 13.5. The minimum absolute atomic E-state index is 0.0159. The number of rotatable bonds is 14. The Kier molecular flexibility index (Phi) is 8.63. The number of carboxylic acids is 1. The predicted molar refractivity (Wildman–Crippen MR) is 217 cm³/mol. The number of aliphatic carboxylic acids is 1. The van der Waals surface area contributed by atoms with Crippen LogP contribution in [0.5, 0.6) is 0 Å². The molecule has 1 aliphatic heterocycles. The Bertz CT molecular complexity index is 2190. The third-order valence-electron chi connectivity index (χ3n) is 18.6. The number of benzene rings is 1. The van der Waals surface area contributed by atoms with Crippen molar-refractivity contribution < 1.29 is 53.6 Å².